The lowest BCUT2D eigenvalue weighted by Gasteiger charge is -2.36. The molecule has 0 spiro atoms. The van der Waals surface area contributed by atoms with Crippen molar-refractivity contribution >= 4 is 28.3 Å². The fraction of sp³-hybridized carbons (Fsp3) is 0.333. The molecule has 8 heteroatoms. The average Bonchev–Trinajstić information content (AvgIpc) is 3.88. The van der Waals surface area contributed by atoms with Crippen LogP contribution in [0.2, 0.25) is 0 Å². The van der Waals surface area contributed by atoms with Gasteiger partial charge in [0.1, 0.15) is 0 Å². The number of nitrogens with one attached hydrogen (secondary N) is 2. The van der Waals surface area contributed by atoms with E-state index in [1.54, 1.807) is 0 Å². The summed E-state index contributed by atoms with van der Waals surface area (Å²) in [6.45, 7) is 4.38. The number of aryl methyl sites for hydroxylation is 1. The molecular formula is C33H33N5O3. The molecule has 2 N–H and O–H groups in total. The van der Waals surface area contributed by atoms with E-state index in [0.29, 0.717) is 37.1 Å². The lowest BCUT2D eigenvalue weighted by molar-refractivity contribution is -0.134. The number of amides is 2. The fourth-order valence-electron chi connectivity index (χ4n) is 6.35. The third-order valence-corrected chi connectivity index (χ3v) is 8.83. The topological polar surface area (TPSA) is 98.4 Å². The largest absolute Gasteiger partial charge is 0.377 e. The van der Waals surface area contributed by atoms with Crippen molar-refractivity contribution in [1.29, 1.82) is 0 Å². The van der Waals surface area contributed by atoms with Gasteiger partial charge in [0.15, 0.2) is 0 Å². The van der Waals surface area contributed by atoms with Gasteiger partial charge in [0.05, 0.1) is 23.0 Å². The predicted octanol–water partition coefficient (Wildman–Crippen LogP) is 4.48. The highest BCUT2D eigenvalue weighted by Gasteiger charge is 2.37. The molecule has 2 fully saturated rings. The zero-order chi connectivity index (χ0) is 28.1. The van der Waals surface area contributed by atoms with Gasteiger partial charge in [-0.3, -0.25) is 14.4 Å². The van der Waals surface area contributed by atoms with Crippen LogP contribution < -0.4 is 10.9 Å². The second-order valence-electron chi connectivity index (χ2n) is 11.4. The first kappa shape index (κ1) is 25.5. The highest BCUT2D eigenvalue weighted by molar-refractivity contribution is 5.98. The smallest absolute Gasteiger partial charge is 0.272 e. The van der Waals surface area contributed by atoms with Crippen LogP contribution in [0.4, 0.5) is 5.69 Å². The number of rotatable bonds is 5. The van der Waals surface area contributed by atoms with Crippen LogP contribution in [0.5, 0.6) is 0 Å². The Morgan fingerprint density at radius 3 is 2.37 bits per heavy atom. The number of nitrogens with zero attached hydrogens (tertiary/aromatic N) is 3. The SMILES string of the molecule is CCc1ccc(C2Nc3cccc4c(=O)[nH]nc(c34)C2c2cccc(C(=O)N3CCN(C(=O)C4CC4)CC3)c2)cc1. The number of benzene rings is 3. The van der Waals surface area contributed by atoms with Crippen LogP contribution in [0.3, 0.4) is 0 Å². The predicted molar refractivity (Wildman–Crippen MR) is 158 cm³/mol. The number of aromatic amines is 1. The van der Waals surface area contributed by atoms with E-state index in [1.807, 2.05) is 52.3 Å². The quantitative estimate of drug-likeness (QED) is 0.384. The summed E-state index contributed by atoms with van der Waals surface area (Å²) in [6.07, 6.45) is 2.94. The molecule has 208 valence electrons. The summed E-state index contributed by atoms with van der Waals surface area (Å²) in [4.78, 5) is 42.6. The molecule has 2 aliphatic heterocycles. The van der Waals surface area contributed by atoms with Crippen molar-refractivity contribution in [3.05, 3.63) is 105 Å². The highest BCUT2D eigenvalue weighted by Crippen LogP contribution is 2.46. The van der Waals surface area contributed by atoms with Crippen LogP contribution in [-0.2, 0) is 11.2 Å². The molecule has 1 aromatic heterocycles. The van der Waals surface area contributed by atoms with Gasteiger partial charge in [-0.05, 0) is 60.2 Å². The molecule has 4 aromatic rings. The van der Waals surface area contributed by atoms with Gasteiger partial charge in [0.2, 0.25) is 5.91 Å². The standard InChI is InChI=1S/C33H33N5O3/c1-2-20-9-11-21(12-10-20)29-27(30-28-25(31(39)36-35-30)7-4-8-26(28)34-29)23-5-3-6-24(19-23)33(41)38-17-15-37(16-18-38)32(40)22-13-14-22/h3-12,19,22,27,29,34H,2,13-18H2,1H3,(H,36,39). The summed E-state index contributed by atoms with van der Waals surface area (Å²) in [6, 6.07) is 21.9. The van der Waals surface area contributed by atoms with Crippen LogP contribution >= 0.6 is 0 Å². The van der Waals surface area contributed by atoms with Gasteiger partial charge in [0, 0.05) is 48.7 Å². The van der Waals surface area contributed by atoms with E-state index in [2.05, 4.69) is 46.7 Å². The Morgan fingerprint density at radius 1 is 0.902 bits per heavy atom. The molecule has 2 unspecified atom stereocenters. The van der Waals surface area contributed by atoms with Gasteiger partial charge >= 0.3 is 0 Å². The fourth-order valence-corrected chi connectivity index (χ4v) is 6.35. The maximum Gasteiger partial charge on any atom is 0.272 e. The normalized spacial score (nSPS) is 20.1. The van der Waals surface area contributed by atoms with Gasteiger partial charge < -0.3 is 15.1 Å². The van der Waals surface area contributed by atoms with Crippen LogP contribution in [0, 0.1) is 5.92 Å². The number of anilines is 1. The first-order valence-electron chi connectivity index (χ1n) is 14.6. The monoisotopic (exact) mass is 547 g/mol. The number of piperazine rings is 1. The van der Waals surface area contributed by atoms with Crippen molar-refractivity contribution in [2.75, 3.05) is 31.5 Å². The first-order valence-corrected chi connectivity index (χ1v) is 14.6. The van der Waals surface area contributed by atoms with E-state index in [1.165, 1.54) is 5.56 Å². The minimum absolute atomic E-state index is 0.0297. The van der Waals surface area contributed by atoms with Crippen molar-refractivity contribution < 1.29 is 9.59 Å². The minimum atomic E-state index is -0.238. The zero-order valence-electron chi connectivity index (χ0n) is 23.1. The zero-order valence-corrected chi connectivity index (χ0v) is 23.1. The lowest BCUT2D eigenvalue weighted by atomic mass is 9.79. The highest BCUT2D eigenvalue weighted by atomic mass is 16.2. The molecule has 2 amide bonds. The first-order chi connectivity index (χ1) is 20.0. The third-order valence-electron chi connectivity index (χ3n) is 8.83. The van der Waals surface area contributed by atoms with Gasteiger partial charge in [-0.1, -0.05) is 49.4 Å². The van der Waals surface area contributed by atoms with E-state index in [-0.39, 0.29) is 35.3 Å². The Kier molecular flexibility index (Phi) is 6.33. The van der Waals surface area contributed by atoms with Crippen LogP contribution in [0.1, 0.15) is 64.5 Å². The summed E-state index contributed by atoms with van der Waals surface area (Å²) < 4.78 is 0. The molecule has 2 atom stereocenters. The number of hydrogen-bond acceptors (Lipinski definition) is 5. The van der Waals surface area contributed by atoms with Crippen LogP contribution in [-0.4, -0.2) is 58.0 Å². The molecule has 3 aromatic carbocycles. The van der Waals surface area contributed by atoms with Crippen molar-refractivity contribution in [1.82, 2.24) is 20.0 Å². The molecule has 3 heterocycles. The average molecular weight is 548 g/mol. The van der Waals surface area contributed by atoms with Crippen molar-refractivity contribution in [3.63, 3.8) is 0 Å². The maximum atomic E-state index is 13.7. The molecule has 0 radical (unpaired) electrons. The second kappa shape index (κ2) is 10.2. The number of hydrogen-bond donors (Lipinski definition) is 2. The van der Waals surface area contributed by atoms with Gasteiger partial charge in [0.25, 0.3) is 11.5 Å². The molecule has 1 aliphatic carbocycles. The van der Waals surface area contributed by atoms with Crippen LogP contribution in [0.25, 0.3) is 10.8 Å². The minimum Gasteiger partial charge on any atom is -0.377 e. The summed E-state index contributed by atoms with van der Waals surface area (Å²) in [7, 11) is 0. The van der Waals surface area contributed by atoms with Gasteiger partial charge in [-0.15, -0.1) is 0 Å². The molecule has 0 bridgehead atoms. The Morgan fingerprint density at radius 2 is 1.63 bits per heavy atom. The molecule has 41 heavy (non-hydrogen) atoms. The number of carbonyl (C=O) groups excluding carboxylic acids is 2. The lowest BCUT2D eigenvalue weighted by Crippen LogP contribution is -2.51. The summed E-state index contributed by atoms with van der Waals surface area (Å²) in [5, 5.41) is 12.4. The van der Waals surface area contributed by atoms with Crippen molar-refractivity contribution in [2.45, 2.75) is 38.1 Å². The van der Waals surface area contributed by atoms with E-state index >= 15 is 0 Å². The summed E-state index contributed by atoms with van der Waals surface area (Å²) in [5.74, 6) is 0.166. The van der Waals surface area contributed by atoms with Gasteiger partial charge in [-0.25, -0.2) is 5.10 Å². The van der Waals surface area contributed by atoms with Gasteiger partial charge in [-0.2, -0.15) is 5.10 Å². The number of H-pyrrole nitrogens is 1. The van der Waals surface area contributed by atoms with Crippen LogP contribution in [0.15, 0.2) is 71.5 Å². The summed E-state index contributed by atoms with van der Waals surface area (Å²) in [5.41, 5.74) is 5.38. The van der Waals surface area contributed by atoms with E-state index in [0.717, 1.165) is 47.2 Å². The Hall–Kier alpha value is -4.46. The Balaban J connectivity index is 1.25. The van der Waals surface area contributed by atoms with Crippen molar-refractivity contribution in [2.24, 2.45) is 5.92 Å². The number of carbonyl (C=O) groups is 2. The molecular weight excluding hydrogens is 514 g/mol. The van der Waals surface area contributed by atoms with E-state index in [4.69, 9.17) is 0 Å². The third kappa shape index (κ3) is 4.57. The maximum absolute atomic E-state index is 13.7. The molecule has 3 aliphatic rings. The second-order valence-corrected chi connectivity index (χ2v) is 11.4. The van der Waals surface area contributed by atoms with Crippen molar-refractivity contribution in [3.8, 4) is 0 Å². The molecule has 1 saturated carbocycles. The Labute approximate surface area is 238 Å². The number of aromatic nitrogens is 2. The molecule has 8 nitrogen and oxygen atoms in total. The molecule has 1 saturated heterocycles. The molecule has 7 rings (SSSR count). The van der Waals surface area contributed by atoms with E-state index in [9.17, 15) is 14.4 Å². The summed E-state index contributed by atoms with van der Waals surface area (Å²) >= 11 is 0. The Bertz CT molecular complexity index is 1700. The van der Waals surface area contributed by atoms with E-state index < -0.39 is 0 Å².